The summed E-state index contributed by atoms with van der Waals surface area (Å²) in [5, 5.41) is 0. The van der Waals surface area contributed by atoms with Gasteiger partial charge in [-0.05, 0) is 62.4 Å². The number of benzene rings is 3. The molecule has 0 aliphatic carbocycles. The van der Waals surface area contributed by atoms with Crippen LogP contribution in [-0.4, -0.2) is 30.0 Å². The minimum absolute atomic E-state index is 0.0817. The summed E-state index contributed by atoms with van der Waals surface area (Å²) in [6.45, 7) is 3.58. The zero-order valence-corrected chi connectivity index (χ0v) is 20.3. The first-order valence-corrected chi connectivity index (χ1v) is 13.4. The monoisotopic (exact) mass is 488 g/mol. The molecule has 33 heavy (non-hydrogen) atoms. The van der Waals surface area contributed by atoms with Crippen LogP contribution in [0, 0.1) is 19.8 Å². The molecule has 6 nitrogen and oxygen atoms in total. The third-order valence-electron chi connectivity index (χ3n) is 5.21. The highest BCUT2D eigenvalue weighted by molar-refractivity contribution is 7.87. The molecule has 0 fully saturated rings. The van der Waals surface area contributed by atoms with Crippen LogP contribution in [0.3, 0.4) is 0 Å². The van der Waals surface area contributed by atoms with Gasteiger partial charge < -0.3 is 0 Å². The molecule has 176 valence electrons. The first-order valence-electron chi connectivity index (χ1n) is 10.6. The fraction of sp³-hybridized carbons (Fsp3) is 0.280. The quantitative estimate of drug-likeness (QED) is 0.365. The van der Waals surface area contributed by atoms with Crippen molar-refractivity contribution >= 4 is 20.2 Å². The summed E-state index contributed by atoms with van der Waals surface area (Å²) in [5.41, 5.74) is 2.90. The van der Waals surface area contributed by atoms with Crippen LogP contribution < -0.4 is 0 Å². The Labute approximate surface area is 196 Å². The summed E-state index contributed by atoms with van der Waals surface area (Å²) in [7, 11) is -7.82. The number of rotatable bonds is 11. The average Bonchev–Trinajstić information content (AvgIpc) is 2.78. The standard InChI is InChI=1S/C25H28O6S2/c1-20-8-12-24(13-9-20)32(26,27)30-17-16-23(18-22-6-4-3-5-7-22)19-31-33(28,29)25-14-10-21(2)11-15-25/h3-15,23H,16-19H2,1-2H3/t23-/m0/s1. The Morgan fingerprint density at radius 2 is 1.15 bits per heavy atom. The van der Waals surface area contributed by atoms with Crippen LogP contribution in [0.25, 0.3) is 0 Å². The second-order valence-electron chi connectivity index (χ2n) is 7.99. The van der Waals surface area contributed by atoms with E-state index in [9.17, 15) is 16.8 Å². The molecular formula is C25H28O6S2. The number of hydrogen-bond donors (Lipinski definition) is 0. The fourth-order valence-corrected chi connectivity index (χ4v) is 5.15. The van der Waals surface area contributed by atoms with Crippen LogP contribution in [-0.2, 0) is 35.0 Å². The molecule has 1 atom stereocenters. The summed E-state index contributed by atoms with van der Waals surface area (Å²) < 4.78 is 60.7. The lowest BCUT2D eigenvalue weighted by molar-refractivity contribution is 0.212. The van der Waals surface area contributed by atoms with E-state index in [1.807, 2.05) is 44.2 Å². The highest BCUT2D eigenvalue weighted by Crippen LogP contribution is 2.20. The van der Waals surface area contributed by atoms with Gasteiger partial charge in [-0.1, -0.05) is 65.7 Å². The maximum atomic E-state index is 12.6. The normalized spacial score (nSPS) is 13.0. The van der Waals surface area contributed by atoms with Gasteiger partial charge in [0.15, 0.2) is 0 Å². The van der Waals surface area contributed by atoms with E-state index < -0.39 is 20.2 Å². The predicted octanol–water partition coefficient (Wildman–Crippen LogP) is 4.66. The van der Waals surface area contributed by atoms with Crippen molar-refractivity contribution in [3.8, 4) is 0 Å². The van der Waals surface area contributed by atoms with Crippen LogP contribution in [0.4, 0.5) is 0 Å². The van der Waals surface area contributed by atoms with Crippen molar-refractivity contribution in [1.82, 2.24) is 0 Å². The largest absolute Gasteiger partial charge is 0.296 e. The Morgan fingerprint density at radius 1 is 0.667 bits per heavy atom. The van der Waals surface area contributed by atoms with E-state index in [0.29, 0.717) is 12.8 Å². The Hall–Kier alpha value is -2.52. The first-order chi connectivity index (χ1) is 15.7. The molecule has 0 aromatic heterocycles. The molecule has 3 aromatic rings. The van der Waals surface area contributed by atoms with Crippen LogP contribution in [0.1, 0.15) is 23.1 Å². The minimum atomic E-state index is -3.92. The van der Waals surface area contributed by atoms with Gasteiger partial charge in [0.05, 0.1) is 23.0 Å². The Morgan fingerprint density at radius 3 is 1.67 bits per heavy atom. The topological polar surface area (TPSA) is 86.7 Å². The smallest absolute Gasteiger partial charge is 0.266 e. The van der Waals surface area contributed by atoms with Crippen molar-refractivity contribution in [2.24, 2.45) is 5.92 Å². The van der Waals surface area contributed by atoms with Gasteiger partial charge in [0, 0.05) is 0 Å². The fourth-order valence-electron chi connectivity index (χ4n) is 3.25. The lowest BCUT2D eigenvalue weighted by Gasteiger charge is -2.17. The van der Waals surface area contributed by atoms with Gasteiger partial charge in [-0.2, -0.15) is 16.8 Å². The molecule has 0 bridgehead atoms. The Bertz CT molecular complexity index is 1230. The molecule has 0 saturated carbocycles. The van der Waals surface area contributed by atoms with Crippen molar-refractivity contribution in [2.75, 3.05) is 13.2 Å². The summed E-state index contributed by atoms with van der Waals surface area (Å²) in [6.07, 6.45) is 0.835. The van der Waals surface area contributed by atoms with Crippen molar-refractivity contribution in [1.29, 1.82) is 0 Å². The highest BCUT2D eigenvalue weighted by atomic mass is 32.2. The van der Waals surface area contributed by atoms with E-state index in [2.05, 4.69) is 0 Å². The Kier molecular flexibility index (Phi) is 8.42. The molecule has 0 heterocycles. The van der Waals surface area contributed by atoms with E-state index in [1.54, 1.807) is 24.3 Å². The van der Waals surface area contributed by atoms with Crippen LogP contribution in [0.5, 0.6) is 0 Å². The van der Waals surface area contributed by atoms with Gasteiger partial charge in [0.25, 0.3) is 20.2 Å². The van der Waals surface area contributed by atoms with Gasteiger partial charge in [-0.3, -0.25) is 8.37 Å². The molecule has 3 rings (SSSR count). The minimum Gasteiger partial charge on any atom is -0.266 e. The van der Waals surface area contributed by atoms with Crippen molar-refractivity contribution in [3.63, 3.8) is 0 Å². The molecular weight excluding hydrogens is 460 g/mol. The summed E-state index contributed by atoms with van der Waals surface area (Å²) in [6, 6.07) is 22.4. The second kappa shape index (κ2) is 11.1. The average molecular weight is 489 g/mol. The molecule has 0 aliphatic rings. The molecule has 0 spiro atoms. The molecule has 3 aromatic carbocycles. The SMILES string of the molecule is Cc1ccc(S(=O)(=O)OCC[C@H](COS(=O)(=O)c2ccc(C)cc2)Cc2ccccc2)cc1. The molecule has 0 unspecified atom stereocenters. The molecule has 0 saturated heterocycles. The highest BCUT2D eigenvalue weighted by Gasteiger charge is 2.21. The van der Waals surface area contributed by atoms with Gasteiger partial charge >= 0.3 is 0 Å². The molecule has 0 amide bonds. The van der Waals surface area contributed by atoms with Crippen LogP contribution in [0.2, 0.25) is 0 Å². The summed E-state index contributed by atoms with van der Waals surface area (Å²) in [4.78, 5) is 0.177. The lowest BCUT2D eigenvalue weighted by Crippen LogP contribution is -2.19. The predicted molar refractivity (Wildman–Crippen MR) is 127 cm³/mol. The second-order valence-corrected chi connectivity index (χ2v) is 11.2. The zero-order valence-electron chi connectivity index (χ0n) is 18.7. The van der Waals surface area contributed by atoms with Crippen molar-refractivity contribution in [2.45, 2.75) is 36.5 Å². The molecule has 0 radical (unpaired) electrons. The third-order valence-corrected chi connectivity index (χ3v) is 7.83. The van der Waals surface area contributed by atoms with Crippen LogP contribution >= 0.6 is 0 Å². The first kappa shape index (κ1) is 25.1. The Balaban J connectivity index is 1.66. The molecule has 0 N–H and O–H groups in total. The maximum Gasteiger partial charge on any atom is 0.296 e. The maximum absolute atomic E-state index is 12.6. The summed E-state index contributed by atoms with van der Waals surface area (Å²) >= 11 is 0. The van der Waals surface area contributed by atoms with E-state index in [-0.39, 0.29) is 28.9 Å². The van der Waals surface area contributed by atoms with E-state index in [1.165, 1.54) is 24.3 Å². The third kappa shape index (κ3) is 7.50. The lowest BCUT2D eigenvalue weighted by atomic mass is 9.97. The van der Waals surface area contributed by atoms with Gasteiger partial charge in [-0.15, -0.1) is 0 Å². The molecule has 0 aliphatic heterocycles. The number of hydrogen-bond acceptors (Lipinski definition) is 6. The summed E-state index contributed by atoms with van der Waals surface area (Å²) in [5.74, 6) is -0.263. The van der Waals surface area contributed by atoms with Gasteiger partial charge in [-0.25, -0.2) is 0 Å². The molecule has 8 heteroatoms. The van der Waals surface area contributed by atoms with Gasteiger partial charge in [0.2, 0.25) is 0 Å². The van der Waals surface area contributed by atoms with Gasteiger partial charge in [0.1, 0.15) is 0 Å². The zero-order chi connectivity index (χ0) is 23.9. The van der Waals surface area contributed by atoms with Crippen molar-refractivity contribution in [3.05, 3.63) is 95.6 Å². The van der Waals surface area contributed by atoms with Crippen molar-refractivity contribution < 1.29 is 25.2 Å². The van der Waals surface area contributed by atoms with Crippen LogP contribution in [0.15, 0.2) is 88.7 Å². The van der Waals surface area contributed by atoms with E-state index in [0.717, 1.165) is 16.7 Å². The number of aryl methyl sites for hydroxylation is 2. The van der Waals surface area contributed by atoms with E-state index >= 15 is 0 Å². The van der Waals surface area contributed by atoms with E-state index in [4.69, 9.17) is 8.37 Å².